The van der Waals surface area contributed by atoms with Gasteiger partial charge < -0.3 is 5.11 Å². The van der Waals surface area contributed by atoms with Crippen molar-refractivity contribution >= 4 is 0 Å². The molecule has 0 aliphatic carbocycles. The van der Waals surface area contributed by atoms with E-state index in [1.54, 1.807) is 0 Å². The van der Waals surface area contributed by atoms with E-state index in [9.17, 15) is 5.11 Å². The van der Waals surface area contributed by atoms with Gasteiger partial charge >= 0.3 is 0 Å². The van der Waals surface area contributed by atoms with Gasteiger partial charge in [0.2, 0.25) is 0 Å². The first-order chi connectivity index (χ1) is 7.51. The van der Waals surface area contributed by atoms with Gasteiger partial charge in [-0.15, -0.1) is 6.58 Å². The Morgan fingerprint density at radius 3 is 2.19 bits per heavy atom. The van der Waals surface area contributed by atoms with Crippen LogP contribution in [0.5, 0.6) is 0 Å². The first-order valence-electron chi connectivity index (χ1n) is 5.29. The van der Waals surface area contributed by atoms with E-state index in [-0.39, 0.29) is 0 Å². The molecule has 0 bridgehead atoms. The zero-order valence-electron chi connectivity index (χ0n) is 9.99. The molecule has 0 aliphatic heterocycles. The monoisotopic (exact) mass is 215 g/mol. The van der Waals surface area contributed by atoms with Gasteiger partial charge in [-0.2, -0.15) is 5.26 Å². The Bertz CT molecular complexity index is 420. The lowest BCUT2D eigenvalue weighted by molar-refractivity contribution is 0.152. The maximum Gasteiger partial charge on any atom is 0.0988 e. The van der Waals surface area contributed by atoms with E-state index in [0.29, 0.717) is 0 Å². The molecule has 16 heavy (non-hydrogen) atoms. The molecular formula is C14H17NO. The summed E-state index contributed by atoms with van der Waals surface area (Å²) < 4.78 is 0. The second-order valence-corrected chi connectivity index (χ2v) is 4.15. The normalized spacial score (nSPS) is 13.9. The second-order valence-electron chi connectivity index (χ2n) is 4.15. The quantitative estimate of drug-likeness (QED) is 0.788. The SMILES string of the molecule is C=CC(C#N)C(O)c1c(C)cc(C)cc1C. The van der Waals surface area contributed by atoms with E-state index in [1.807, 2.05) is 32.9 Å². The van der Waals surface area contributed by atoms with Crippen molar-refractivity contribution in [1.82, 2.24) is 0 Å². The van der Waals surface area contributed by atoms with Crippen LogP contribution in [-0.2, 0) is 0 Å². The molecule has 2 atom stereocenters. The van der Waals surface area contributed by atoms with Crippen LogP contribution in [0.4, 0.5) is 0 Å². The van der Waals surface area contributed by atoms with Crippen LogP contribution in [0.2, 0.25) is 0 Å². The molecule has 0 fully saturated rings. The summed E-state index contributed by atoms with van der Waals surface area (Å²) in [7, 11) is 0. The summed E-state index contributed by atoms with van der Waals surface area (Å²) in [5.41, 5.74) is 4.05. The maximum absolute atomic E-state index is 10.1. The number of hydrogen-bond donors (Lipinski definition) is 1. The third-order valence-electron chi connectivity index (χ3n) is 2.78. The van der Waals surface area contributed by atoms with Crippen molar-refractivity contribution in [3.63, 3.8) is 0 Å². The molecule has 0 amide bonds. The molecule has 0 aliphatic rings. The van der Waals surface area contributed by atoms with Crippen LogP contribution >= 0.6 is 0 Å². The second kappa shape index (κ2) is 4.96. The molecule has 2 unspecified atom stereocenters. The molecule has 1 aromatic rings. The van der Waals surface area contributed by atoms with Crippen LogP contribution in [0.15, 0.2) is 24.8 Å². The summed E-state index contributed by atoms with van der Waals surface area (Å²) >= 11 is 0. The lowest BCUT2D eigenvalue weighted by atomic mass is 9.89. The molecule has 0 saturated carbocycles. The summed E-state index contributed by atoms with van der Waals surface area (Å²) in [4.78, 5) is 0. The van der Waals surface area contributed by atoms with Crippen molar-refractivity contribution in [2.45, 2.75) is 26.9 Å². The number of aliphatic hydroxyl groups is 1. The van der Waals surface area contributed by atoms with E-state index in [0.717, 1.165) is 22.3 Å². The Balaban J connectivity index is 3.23. The Kier molecular flexibility index (Phi) is 3.87. The van der Waals surface area contributed by atoms with Crippen LogP contribution in [0.1, 0.15) is 28.4 Å². The summed E-state index contributed by atoms with van der Waals surface area (Å²) in [6.45, 7) is 9.50. The number of rotatable bonds is 3. The first kappa shape index (κ1) is 12.5. The molecule has 84 valence electrons. The molecule has 0 aromatic heterocycles. The van der Waals surface area contributed by atoms with Crippen LogP contribution in [-0.4, -0.2) is 5.11 Å². The first-order valence-corrected chi connectivity index (χ1v) is 5.29. The summed E-state index contributed by atoms with van der Waals surface area (Å²) in [5.74, 6) is -0.555. The summed E-state index contributed by atoms with van der Waals surface area (Å²) in [5, 5.41) is 19.1. The molecule has 0 radical (unpaired) electrons. The highest BCUT2D eigenvalue weighted by Gasteiger charge is 2.21. The number of hydrogen-bond acceptors (Lipinski definition) is 2. The minimum absolute atomic E-state index is 0.555. The lowest BCUT2D eigenvalue weighted by Crippen LogP contribution is -2.11. The molecule has 0 spiro atoms. The van der Waals surface area contributed by atoms with Gasteiger partial charge in [-0.3, -0.25) is 0 Å². The van der Waals surface area contributed by atoms with Crippen LogP contribution in [0, 0.1) is 38.0 Å². The van der Waals surface area contributed by atoms with E-state index < -0.39 is 12.0 Å². The predicted octanol–water partition coefficient (Wildman–Crippen LogP) is 2.97. The van der Waals surface area contributed by atoms with E-state index in [4.69, 9.17) is 5.26 Å². The number of nitrogens with zero attached hydrogens (tertiary/aromatic N) is 1. The van der Waals surface area contributed by atoms with Crippen molar-refractivity contribution in [2.24, 2.45) is 5.92 Å². The smallest absolute Gasteiger partial charge is 0.0988 e. The Labute approximate surface area is 96.8 Å². The number of aliphatic hydroxyl groups excluding tert-OH is 1. The fourth-order valence-electron chi connectivity index (χ4n) is 2.09. The Hall–Kier alpha value is -1.59. The standard InChI is InChI=1S/C14H17NO/c1-5-12(8-15)14(16)13-10(3)6-9(2)7-11(13)4/h5-7,12,14,16H,1H2,2-4H3. The summed E-state index contributed by atoms with van der Waals surface area (Å²) in [6, 6.07) is 6.08. The van der Waals surface area contributed by atoms with Gasteiger partial charge in [0, 0.05) is 0 Å². The molecular weight excluding hydrogens is 198 g/mol. The summed E-state index contributed by atoms with van der Waals surface area (Å²) in [6.07, 6.45) is 0.701. The van der Waals surface area contributed by atoms with Gasteiger partial charge in [0.25, 0.3) is 0 Å². The lowest BCUT2D eigenvalue weighted by Gasteiger charge is -2.19. The fourth-order valence-corrected chi connectivity index (χ4v) is 2.09. The topological polar surface area (TPSA) is 44.0 Å². The van der Waals surface area contributed by atoms with Crippen LogP contribution in [0.25, 0.3) is 0 Å². The highest BCUT2D eigenvalue weighted by atomic mass is 16.3. The fraction of sp³-hybridized carbons (Fsp3) is 0.357. The van der Waals surface area contributed by atoms with Gasteiger partial charge in [-0.1, -0.05) is 23.8 Å². The predicted molar refractivity (Wildman–Crippen MR) is 64.9 cm³/mol. The van der Waals surface area contributed by atoms with E-state index in [2.05, 4.69) is 12.6 Å². The third kappa shape index (κ3) is 2.32. The zero-order valence-corrected chi connectivity index (χ0v) is 9.99. The molecule has 0 saturated heterocycles. The average Bonchev–Trinajstić information content (AvgIpc) is 2.17. The highest BCUT2D eigenvalue weighted by Crippen LogP contribution is 2.29. The molecule has 2 nitrogen and oxygen atoms in total. The van der Waals surface area contributed by atoms with Crippen molar-refractivity contribution in [3.8, 4) is 6.07 Å². The highest BCUT2D eigenvalue weighted by molar-refractivity contribution is 5.40. The van der Waals surface area contributed by atoms with Gasteiger partial charge in [0.15, 0.2) is 0 Å². The molecule has 1 N–H and O–H groups in total. The Morgan fingerprint density at radius 2 is 1.81 bits per heavy atom. The van der Waals surface area contributed by atoms with Crippen molar-refractivity contribution in [1.29, 1.82) is 5.26 Å². The number of aryl methyl sites for hydroxylation is 3. The minimum atomic E-state index is -0.789. The van der Waals surface area contributed by atoms with E-state index in [1.165, 1.54) is 6.08 Å². The van der Waals surface area contributed by atoms with Gasteiger partial charge in [0.05, 0.1) is 18.1 Å². The molecule has 1 rings (SSSR count). The minimum Gasteiger partial charge on any atom is -0.387 e. The van der Waals surface area contributed by atoms with E-state index >= 15 is 0 Å². The van der Waals surface area contributed by atoms with Gasteiger partial charge in [-0.25, -0.2) is 0 Å². The number of benzene rings is 1. The van der Waals surface area contributed by atoms with Crippen molar-refractivity contribution in [2.75, 3.05) is 0 Å². The number of nitriles is 1. The molecule has 2 heteroatoms. The van der Waals surface area contributed by atoms with Crippen LogP contribution < -0.4 is 0 Å². The largest absolute Gasteiger partial charge is 0.387 e. The van der Waals surface area contributed by atoms with Crippen molar-refractivity contribution in [3.05, 3.63) is 47.0 Å². The average molecular weight is 215 g/mol. The van der Waals surface area contributed by atoms with Gasteiger partial charge in [0.1, 0.15) is 0 Å². The zero-order chi connectivity index (χ0) is 12.3. The van der Waals surface area contributed by atoms with Crippen LogP contribution in [0.3, 0.4) is 0 Å². The third-order valence-corrected chi connectivity index (χ3v) is 2.78. The molecule has 1 aromatic carbocycles. The van der Waals surface area contributed by atoms with Gasteiger partial charge in [-0.05, 0) is 37.5 Å². The Morgan fingerprint density at radius 1 is 1.31 bits per heavy atom. The van der Waals surface area contributed by atoms with Crippen molar-refractivity contribution < 1.29 is 5.11 Å². The maximum atomic E-state index is 10.1. The molecule has 0 heterocycles.